The summed E-state index contributed by atoms with van der Waals surface area (Å²) in [7, 11) is 0. The molecule has 9 heteroatoms. The van der Waals surface area contributed by atoms with Crippen LogP contribution in [-0.2, 0) is 10.9 Å². The van der Waals surface area contributed by atoms with Crippen molar-refractivity contribution in [3.63, 3.8) is 0 Å². The number of aromatic nitrogens is 1. The van der Waals surface area contributed by atoms with Crippen LogP contribution < -0.4 is 8.61 Å². The molecule has 1 aromatic heterocycles. The van der Waals surface area contributed by atoms with Crippen molar-refractivity contribution >= 4 is 34.0 Å². The van der Waals surface area contributed by atoms with Gasteiger partial charge in [-0.05, 0) is 0 Å². The third-order valence-electron chi connectivity index (χ3n) is 7.61. The molecule has 0 N–H and O–H groups in total. The molecular weight excluding hydrogens is 598 g/mol. The van der Waals surface area contributed by atoms with Crippen LogP contribution >= 0.6 is 0 Å². The maximum absolute atomic E-state index is 14.3. The molecule has 0 bridgehead atoms. The zero-order valence-electron chi connectivity index (χ0n) is 24.7. The van der Waals surface area contributed by atoms with Crippen LogP contribution in [0.15, 0.2) is 12.1 Å². The van der Waals surface area contributed by atoms with Crippen LogP contribution in [0.4, 0.5) is 23.8 Å². The van der Waals surface area contributed by atoms with Crippen LogP contribution in [0.2, 0.25) is 13.3 Å². The number of hydrogen-bond donors (Lipinski definition) is 0. The maximum atomic E-state index is 14.3. The second kappa shape index (κ2) is 14.4. The molecule has 1 saturated heterocycles. The molecule has 5 nitrogen and oxygen atoms in total. The number of carbonyl (C=O) groups is 1. The van der Waals surface area contributed by atoms with E-state index in [-0.39, 0.29) is 12.1 Å². The zero-order valence-corrected chi connectivity index (χ0v) is 27.6. The number of hydrogen-bond acceptors (Lipinski definition) is 4. The van der Waals surface area contributed by atoms with Crippen molar-refractivity contribution in [3.05, 3.63) is 17.7 Å². The molecule has 0 aliphatic carbocycles. The molecule has 1 atom stereocenters. The molecule has 1 aliphatic rings. The molecular formula is C29H50F3N3O2Sn. The second-order valence-corrected chi connectivity index (χ2v) is 24.9. The zero-order chi connectivity index (χ0) is 28.6. The fourth-order valence-corrected chi connectivity index (χ4v) is 20.9. The molecule has 0 unspecified atom stereocenters. The van der Waals surface area contributed by atoms with Gasteiger partial charge in [0.25, 0.3) is 0 Å². The Hall–Kier alpha value is -1.19. The third-order valence-corrected chi connectivity index (χ3v) is 22.7. The first-order chi connectivity index (χ1) is 17.8. The summed E-state index contributed by atoms with van der Waals surface area (Å²) in [6.45, 7) is 15.3. The first-order valence-electron chi connectivity index (χ1n) is 14.6. The molecule has 1 aromatic rings. The molecule has 1 aliphatic heterocycles. The first kappa shape index (κ1) is 33.0. The minimum atomic E-state index is -4.43. The fourth-order valence-electron chi connectivity index (χ4n) is 5.40. The van der Waals surface area contributed by atoms with E-state index in [0.29, 0.717) is 31.9 Å². The summed E-state index contributed by atoms with van der Waals surface area (Å²) in [5, 5.41) is 0. The van der Waals surface area contributed by atoms with Gasteiger partial charge in [-0.3, -0.25) is 0 Å². The average Bonchev–Trinajstić information content (AvgIpc) is 2.86. The van der Waals surface area contributed by atoms with Crippen molar-refractivity contribution in [1.82, 2.24) is 9.88 Å². The van der Waals surface area contributed by atoms with E-state index in [1.54, 1.807) is 4.90 Å². The summed E-state index contributed by atoms with van der Waals surface area (Å²) in [4.78, 5) is 21.5. The molecule has 0 saturated carbocycles. The predicted octanol–water partition coefficient (Wildman–Crippen LogP) is 7.99. The Morgan fingerprint density at radius 3 is 1.97 bits per heavy atom. The standard InChI is InChI=1S/C17H23F3N3O2.3C4H9.Sn/c1-5-13-11-22(15(24)25-16(2,3)4)8-9-23(13)14-10-12(6-7-21-14)17(18,19)20;3*1-3-4-2;/h6,10,13H,5,8-9,11H2,1-4H3;3*1,3-4H2,2H3;/t13-;;;;/m1..../s1. The molecule has 2 heterocycles. The van der Waals surface area contributed by atoms with E-state index < -0.39 is 35.7 Å². The van der Waals surface area contributed by atoms with Crippen LogP contribution in [0.3, 0.4) is 0 Å². The minimum absolute atomic E-state index is 0.119. The summed E-state index contributed by atoms with van der Waals surface area (Å²) in [5.74, 6) is 0.427. The average molecular weight is 648 g/mol. The first-order valence-corrected chi connectivity index (χ1v) is 22.1. The van der Waals surface area contributed by atoms with Gasteiger partial charge >= 0.3 is 233 Å². The van der Waals surface area contributed by atoms with E-state index in [0.717, 1.165) is 55.5 Å². The van der Waals surface area contributed by atoms with Gasteiger partial charge in [-0.2, -0.15) is 0 Å². The van der Waals surface area contributed by atoms with Gasteiger partial charge in [0.15, 0.2) is 0 Å². The molecule has 1 amide bonds. The van der Waals surface area contributed by atoms with E-state index in [9.17, 15) is 18.0 Å². The Bertz CT molecular complexity index is 867. The quantitative estimate of drug-likeness (QED) is 0.216. The SMILES string of the molecule is CCC[CH2][Sn]([CH2]CCC)([CH2]CCC)[c]1cc(C(F)(F)F)cc(N2CCN(C(=O)OC(C)(C)C)C[C@H]2CC)n1. The summed E-state index contributed by atoms with van der Waals surface area (Å²) >= 11 is -3.22. The topological polar surface area (TPSA) is 45.7 Å². The number of amides is 1. The number of halogens is 3. The second-order valence-electron chi connectivity index (χ2n) is 11.9. The number of alkyl halides is 3. The van der Waals surface area contributed by atoms with Gasteiger partial charge in [-0.15, -0.1) is 0 Å². The molecule has 2 rings (SSSR count). The van der Waals surface area contributed by atoms with Crippen molar-refractivity contribution in [1.29, 1.82) is 0 Å². The van der Waals surface area contributed by atoms with Gasteiger partial charge in [-0.25, -0.2) is 0 Å². The third kappa shape index (κ3) is 9.19. The number of carbonyl (C=O) groups excluding carboxylic acids is 1. The number of piperazine rings is 1. The Balaban J connectivity index is 2.54. The molecule has 0 aromatic carbocycles. The Labute approximate surface area is 232 Å². The van der Waals surface area contributed by atoms with Gasteiger partial charge in [0, 0.05) is 0 Å². The molecule has 38 heavy (non-hydrogen) atoms. The molecule has 218 valence electrons. The van der Waals surface area contributed by atoms with Crippen molar-refractivity contribution in [2.45, 2.75) is 125 Å². The number of pyridine rings is 1. The Morgan fingerprint density at radius 1 is 0.974 bits per heavy atom. The Kier molecular flexibility index (Phi) is 12.5. The molecule has 0 spiro atoms. The van der Waals surface area contributed by atoms with Crippen molar-refractivity contribution in [2.24, 2.45) is 0 Å². The Morgan fingerprint density at radius 2 is 1.53 bits per heavy atom. The summed E-state index contributed by atoms with van der Waals surface area (Å²) in [5.41, 5.74) is -1.17. The number of rotatable bonds is 12. The van der Waals surface area contributed by atoms with Gasteiger partial charge in [0.2, 0.25) is 0 Å². The number of nitrogens with zero attached hydrogens (tertiary/aromatic N) is 3. The van der Waals surface area contributed by atoms with E-state index in [4.69, 9.17) is 9.72 Å². The predicted molar refractivity (Wildman–Crippen MR) is 153 cm³/mol. The van der Waals surface area contributed by atoms with Gasteiger partial charge in [-0.1, -0.05) is 0 Å². The van der Waals surface area contributed by atoms with Crippen LogP contribution in [0, 0.1) is 0 Å². The van der Waals surface area contributed by atoms with Crippen molar-refractivity contribution in [3.8, 4) is 0 Å². The monoisotopic (exact) mass is 649 g/mol. The normalized spacial score (nSPS) is 17.2. The number of ether oxygens (including phenoxy) is 1. The summed E-state index contributed by atoms with van der Waals surface area (Å²) < 4.78 is 52.3. The van der Waals surface area contributed by atoms with Crippen LogP contribution in [-0.4, -0.2) is 65.6 Å². The van der Waals surface area contributed by atoms with Gasteiger partial charge in [0.05, 0.1) is 0 Å². The number of unbranched alkanes of at least 4 members (excludes halogenated alkanes) is 3. The molecule has 1 fully saturated rings. The van der Waals surface area contributed by atoms with Crippen molar-refractivity contribution < 1.29 is 22.7 Å². The van der Waals surface area contributed by atoms with E-state index in [1.165, 1.54) is 12.1 Å². The summed E-state index contributed by atoms with van der Waals surface area (Å²) in [6, 6.07) is 2.54. The summed E-state index contributed by atoms with van der Waals surface area (Å²) in [6.07, 6.45) is 2.22. The van der Waals surface area contributed by atoms with Gasteiger partial charge < -0.3 is 0 Å². The van der Waals surface area contributed by atoms with Crippen LogP contribution in [0.25, 0.3) is 0 Å². The van der Waals surface area contributed by atoms with E-state index >= 15 is 0 Å². The fraction of sp³-hybridized carbons (Fsp3) is 0.793. The van der Waals surface area contributed by atoms with Crippen molar-refractivity contribution in [2.75, 3.05) is 24.5 Å². The van der Waals surface area contributed by atoms with Crippen LogP contribution in [0.1, 0.15) is 99.0 Å². The van der Waals surface area contributed by atoms with E-state index in [1.807, 2.05) is 32.6 Å². The van der Waals surface area contributed by atoms with E-state index in [2.05, 4.69) is 20.8 Å². The molecule has 0 radical (unpaired) electrons. The van der Waals surface area contributed by atoms with Crippen LogP contribution in [0.5, 0.6) is 0 Å². The number of anilines is 1. The van der Waals surface area contributed by atoms with Gasteiger partial charge in [0.1, 0.15) is 0 Å².